The van der Waals surface area contributed by atoms with Crippen LogP contribution in [0.2, 0.25) is 0 Å². The van der Waals surface area contributed by atoms with Crippen LogP contribution in [0.4, 0.5) is 0 Å². The Hall–Kier alpha value is -0.450. The maximum Gasteiger partial charge on any atom is 0.125 e. The molecule has 1 N–H and O–H groups in total. The minimum Gasteiger partial charge on any atom is -0.372 e. The Bertz CT molecular complexity index is 387. The third-order valence-corrected chi connectivity index (χ3v) is 4.98. The first kappa shape index (κ1) is 13.0. The van der Waals surface area contributed by atoms with Gasteiger partial charge in [0, 0.05) is 24.4 Å². The van der Waals surface area contributed by atoms with E-state index in [-0.39, 0.29) is 5.60 Å². The van der Waals surface area contributed by atoms with Crippen LogP contribution >= 0.6 is 11.3 Å². The highest BCUT2D eigenvalue weighted by Gasteiger charge is 2.30. The average Bonchev–Trinajstić information content (AvgIpc) is 2.75. The molecule has 0 aromatic carbocycles. The molecule has 1 atom stereocenters. The van der Waals surface area contributed by atoms with Gasteiger partial charge in [0.1, 0.15) is 10.6 Å². The molecule has 0 saturated heterocycles. The molecule has 96 valence electrons. The lowest BCUT2D eigenvalue weighted by Gasteiger charge is -2.21. The molecule has 2 rings (SSSR count). The Kier molecular flexibility index (Phi) is 3.85. The van der Waals surface area contributed by atoms with Crippen molar-refractivity contribution in [2.75, 3.05) is 20.7 Å². The fourth-order valence-electron chi connectivity index (χ4n) is 2.30. The van der Waals surface area contributed by atoms with Crippen molar-refractivity contribution < 1.29 is 4.74 Å². The average molecular weight is 254 g/mol. The van der Waals surface area contributed by atoms with Gasteiger partial charge >= 0.3 is 0 Å². The van der Waals surface area contributed by atoms with Crippen LogP contribution < -0.4 is 5.32 Å². The summed E-state index contributed by atoms with van der Waals surface area (Å²) >= 11 is 1.83. The molecule has 0 radical (unpaired) electrons. The number of hydrogen-bond acceptors (Lipinski definition) is 4. The molecule has 0 amide bonds. The normalized spacial score (nSPS) is 20.4. The van der Waals surface area contributed by atoms with Crippen LogP contribution in [0.3, 0.4) is 0 Å². The molecule has 0 spiro atoms. The Morgan fingerprint density at radius 1 is 1.53 bits per heavy atom. The van der Waals surface area contributed by atoms with E-state index in [4.69, 9.17) is 9.72 Å². The van der Waals surface area contributed by atoms with Gasteiger partial charge in [-0.2, -0.15) is 0 Å². The second-order valence-electron chi connectivity index (χ2n) is 5.19. The van der Waals surface area contributed by atoms with E-state index >= 15 is 0 Å². The van der Waals surface area contributed by atoms with Crippen LogP contribution in [-0.4, -0.2) is 25.7 Å². The van der Waals surface area contributed by atoms with E-state index in [1.807, 2.05) is 18.4 Å². The van der Waals surface area contributed by atoms with Crippen LogP contribution in [0.5, 0.6) is 0 Å². The number of rotatable bonds is 4. The summed E-state index contributed by atoms with van der Waals surface area (Å²) in [5, 5.41) is 4.39. The van der Waals surface area contributed by atoms with Gasteiger partial charge in [0.05, 0.1) is 5.69 Å². The Morgan fingerprint density at radius 3 is 2.94 bits per heavy atom. The van der Waals surface area contributed by atoms with E-state index in [1.165, 1.54) is 29.8 Å². The zero-order chi connectivity index (χ0) is 12.5. The largest absolute Gasteiger partial charge is 0.372 e. The molecule has 1 aromatic rings. The summed E-state index contributed by atoms with van der Waals surface area (Å²) in [6.07, 6.45) is 3.73. The molecule has 0 fully saturated rings. The van der Waals surface area contributed by atoms with Crippen LogP contribution in [0.15, 0.2) is 0 Å². The van der Waals surface area contributed by atoms with E-state index in [9.17, 15) is 0 Å². The first-order valence-corrected chi connectivity index (χ1v) is 7.10. The lowest BCUT2D eigenvalue weighted by Crippen LogP contribution is -2.22. The summed E-state index contributed by atoms with van der Waals surface area (Å²) in [6, 6.07) is 0. The topological polar surface area (TPSA) is 34.1 Å². The van der Waals surface area contributed by atoms with E-state index in [0.717, 1.165) is 11.6 Å². The van der Waals surface area contributed by atoms with Crippen molar-refractivity contribution >= 4 is 11.3 Å². The number of fused-ring (bicyclic) bond motifs is 1. The lowest BCUT2D eigenvalue weighted by molar-refractivity contribution is 0.0189. The van der Waals surface area contributed by atoms with E-state index in [0.29, 0.717) is 5.92 Å². The molecule has 0 bridgehead atoms. The first-order valence-electron chi connectivity index (χ1n) is 6.28. The summed E-state index contributed by atoms with van der Waals surface area (Å²) in [6.45, 7) is 5.21. The summed E-state index contributed by atoms with van der Waals surface area (Å²) in [5.74, 6) is 0.585. The summed E-state index contributed by atoms with van der Waals surface area (Å²) in [7, 11) is 3.77. The van der Waals surface area contributed by atoms with Gasteiger partial charge in [-0.1, -0.05) is 0 Å². The molecule has 17 heavy (non-hydrogen) atoms. The van der Waals surface area contributed by atoms with Crippen LogP contribution in [-0.2, 0) is 16.8 Å². The predicted molar refractivity (Wildman–Crippen MR) is 71.8 cm³/mol. The standard InChI is InChI=1S/C13H22N2OS/c1-13(2,16-4)12-15-11-9(8-14-3)6-5-7-10(11)17-12/h9,14H,5-8H2,1-4H3. The number of aromatic nitrogens is 1. The van der Waals surface area contributed by atoms with Gasteiger partial charge in [0.2, 0.25) is 0 Å². The van der Waals surface area contributed by atoms with E-state index < -0.39 is 0 Å². The van der Waals surface area contributed by atoms with Gasteiger partial charge in [-0.3, -0.25) is 0 Å². The zero-order valence-corrected chi connectivity index (χ0v) is 12.0. The van der Waals surface area contributed by atoms with Crippen molar-refractivity contribution in [3.63, 3.8) is 0 Å². The van der Waals surface area contributed by atoms with Crippen molar-refractivity contribution in [1.29, 1.82) is 0 Å². The highest BCUT2D eigenvalue weighted by Crippen LogP contribution is 2.38. The highest BCUT2D eigenvalue weighted by atomic mass is 32.1. The molecular weight excluding hydrogens is 232 g/mol. The third kappa shape index (κ3) is 2.54. The minimum absolute atomic E-state index is 0.258. The predicted octanol–water partition coefficient (Wildman–Crippen LogP) is 2.66. The maximum absolute atomic E-state index is 5.53. The molecule has 1 aliphatic rings. The van der Waals surface area contributed by atoms with Crippen molar-refractivity contribution in [3.8, 4) is 0 Å². The van der Waals surface area contributed by atoms with Crippen molar-refractivity contribution in [1.82, 2.24) is 10.3 Å². The van der Waals surface area contributed by atoms with Gasteiger partial charge in [0.15, 0.2) is 0 Å². The number of aryl methyl sites for hydroxylation is 1. The fourth-order valence-corrected chi connectivity index (χ4v) is 3.57. The van der Waals surface area contributed by atoms with Gasteiger partial charge in [-0.15, -0.1) is 11.3 Å². The second-order valence-corrected chi connectivity index (χ2v) is 6.27. The lowest BCUT2D eigenvalue weighted by atomic mass is 9.91. The van der Waals surface area contributed by atoms with Crippen LogP contribution in [0.1, 0.15) is 48.2 Å². The minimum atomic E-state index is -0.258. The molecule has 4 heteroatoms. The van der Waals surface area contributed by atoms with Gasteiger partial charge in [-0.05, 0) is 40.2 Å². The van der Waals surface area contributed by atoms with Gasteiger partial charge in [0.25, 0.3) is 0 Å². The summed E-state index contributed by atoms with van der Waals surface area (Å²) in [4.78, 5) is 6.32. The van der Waals surface area contributed by atoms with Crippen LogP contribution in [0.25, 0.3) is 0 Å². The zero-order valence-electron chi connectivity index (χ0n) is 11.2. The summed E-state index contributed by atoms with van der Waals surface area (Å²) in [5.41, 5.74) is 1.06. The second kappa shape index (κ2) is 5.04. The Labute approximate surface area is 108 Å². The number of nitrogens with zero attached hydrogens (tertiary/aromatic N) is 1. The molecule has 0 saturated carbocycles. The number of ether oxygens (including phenoxy) is 1. The number of thiazole rings is 1. The number of nitrogens with one attached hydrogen (secondary N) is 1. The van der Waals surface area contributed by atoms with Crippen molar-refractivity contribution in [2.45, 2.75) is 44.6 Å². The van der Waals surface area contributed by atoms with Crippen LogP contribution in [0, 0.1) is 0 Å². The quantitative estimate of drug-likeness (QED) is 0.897. The molecule has 3 nitrogen and oxygen atoms in total. The monoisotopic (exact) mass is 254 g/mol. The first-order chi connectivity index (χ1) is 8.08. The molecule has 1 aromatic heterocycles. The number of methoxy groups -OCH3 is 1. The molecule has 1 aliphatic carbocycles. The number of hydrogen-bond donors (Lipinski definition) is 1. The molecule has 0 aliphatic heterocycles. The molecular formula is C13H22N2OS. The Morgan fingerprint density at radius 2 is 2.29 bits per heavy atom. The fraction of sp³-hybridized carbons (Fsp3) is 0.769. The SMILES string of the molecule is CNCC1CCCc2sc(C(C)(C)OC)nc21. The molecule has 1 heterocycles. The highest BCUT2D eigenvalue weighted by molar-refractivity contribution is 7.11. The van der Waals surface area contributed by atoms with E-state index in [2.05, 4.69) is 19.2 Å². The van der Waals surface area contributed by atoms with E-state index in [1.54, 1.807) is 7.11 Å². The van der Waals surface area contributed by atoms with Crippen molar-refractivity contribution in [2.24, 2.45) is 0 Å². The maximum atomic E-state index is 5.53. The van der Waals surface area contributed by atoms with Crippen molar-refractivity contribution in [3.05, 3.63) is 15.6 Å². The number of likely N-dealkylation sites (N-methyl/N-ethyl adjacent to an activating group) is 1. The summed E-state index contributed by atoms with van der Waals surface area (Å²) < 4.78 is 5.53. The molecule has 1 unspecified atom stereocenters. The van der Waals surface area contributed by atoms with Gasteiger partial charge < -0.3 is 10.1 Å². The smallest absolute Gasteiger partial charge is 0.125 e. The van der Waals surface area contributed by atoms with Gasteiger partial charge in [-0.25, -0.2) is 4.98 Å². The Balaban J connectivity index is 2.30. The third-order valence-electron chi connectivity index (χ3n) is 3.55.